The van der Waals surface area contributed by atoms with Crippen LogP contribution in [0.3, 0.4) is 0 Å². The maximum Gasteiger partial charge on any atom is -0.0189 e. The van der Waals surface area contributed by atoms with Gasteiger partial charge in [0.2, 0.25) is 0 Å². The van der Waals surface area contributed by atoms with Crippen molar-refractivity contribution in [2.45, 2.75) is 0 Å². The van der Waals surface area contributed by atoms with Gasteiger partial charge in [0.1, 0.15) is 0 Å². The average Bonchev–Trinajstić information content (AvgIpc) is 1.81. The average molecular weight is 238 g/mol. The predicted molar refractivity (Wildman–Crippen MR) is 45.3 cm³/mol. The van der Waals surface area contributed by atoms with Gasteiger partial charge in [-0.3, -0.25) is 0 Å². The fourth-order valence-electron chi connectivity index (χ4n) is 0.212. The van der Waals surface area contributed by atoms with Crippen molar-refractivity contribution in [1.82, 2.24) is 0 Å². The molecule has 0 N–H and O–H groups in total. The summed E-state index contributed by atoms with van der Waals surface area (Å²) in [6.45, 7) is 0. The smallest absolute Gasteiger partial charge is 0.0189 e. The highest BCUT2D eigenvalue weighted by molar-refractivity contribution is 9.11. The lowest BCUT2D eigenvalue weighted by Gasteiger charge is -1.66. The first-order valence-corrected chi connectivity index (χ1v) is 3.93. The Morgan fingerprint density at radius 1 is 0.625 bits per heavy atom. The van der Waals surface area contributed by atoms with Crippen molar-refractivity contribution < 1.29 is 0 Å². The lowest BCUT2D eigenvalue weighted by molar-refractivity contribution is 1.97. The van der Waals surface area contributed by atoms with Gasteiger partial charge in [0.15, 0.2) is 0 Å². The Kier molecular flexibility index (Phi) is 7.34. The maximum absolute atomic E-state index is 3.13. The molecule has 44 valence electrons. The van der Waals surface area contributed by atoms with E-state index in [0.717, 1.165) is 0 Å². The van der Waals surface area contributed by atoms with Gasteiger partial charge < -0.3 is 0 Å². The number of hydrogen-bond donors (Lipinski definition) is 0. The van der Waals surface area contributed by atoms with Crippen molar-refractivity contribution >= 4 is 31.9 Å². The third kappa shape index (κ3) is 6.18. The molecule has 0 unspecified atom stereocenters. The second-order valence-corrected chi connectivity index (χ2v) is 2.08. The van der Waals surface area contributed by atoms with Gasteiger partial charge in [0.25, 0.3) is 0 Å². The zero-order valence-electron chi connectivity index (χ0n) is 4.22. The molecule has 0 aliphatic carbocycles. The number of hydrogen-bond acceptors (Lipinski definition) is 0. The molecular weight excluding hydrogens is 232 g/mol. The van der Waals surface area contributed by atoms with Crippen LogP contribution < -0.4 is 0 Å². The van der Waals surface area contributed by atoms with E-state index in [-0.39, 0.29) is 0 Å². The van der Waals surface area contributed by atoms with E-state index >= 15 is 0 Å². The van der Waals surface area contributed by atoms with Crippen LogP contribution >= 0.6 is 31.9 Å². The van der Waals surface area contributed by atoms with Gasteiger partial charge in [-0.05, 0) is 9.97 Å². The maximum atomic E-state index is 3.13. The van der Waals surface area contributed by atoms with Crippen molar-refractivity contribution in [2.24, 2.45) is 0 Å². The normalized spacial score (nSPS) is 12.8. The molecule has 0 atom stereocenters. The van der Waals surface area contributed by atoms with E-state index < -0.39 is 0 Å². The molecule has 0 aliphatic rings. The molecule has 0 nitrogen and oxygen atoms in total. The summed E-state index contributed by atoms with van der Waals surface area (Å²) in [5.74, 6) is 0. The van der Waals surface area contributed by atoms with Gasteiger partial charge in [-0.2, -0.15) is 0 Å². The Hall–Kier alpha value is 0.180. The fraction of sp³-hybridized carbons (Fsp3) is 0. The van der Waals surface area contributed by atoms with Crippen molar-refractivity contribution in [2.75, 3.05) is 0 Å². The zero-order chi connectivity index (χ0) is 6.24. The molecule has 0 spiro atoms. The van der Waals surface area contributed by atoms with E-state index in [1.54, 1.807) is 9.97 Å². The molecule has 0 aliphatic heterocycles. The minimum absolute atomic E-state index is 1.80. The minimum atomic E-state index is 1.80. The summed E-state index contributed by atoms with van der Waals surface area (Å²) in [5.41, 5.74) is 0. The van der Waals surface area contributed by atoms with Crippen LogP contribution in [0.2, 0.25) is 0 Å². The van der Waals surface area contributed by atoms with E-state index in [9.17, 15) is 0 Å². The molecule has 0 saturated carbocycles. The van der Waals surface area contributed by atoms with Gasteiger partial charge in [-0.1, -0.05) is 56.2 Å². The van der Waals surface area contributed by atoms with Crippen LogP contribution in [-0.4, -0.2) is 0 Å². The molecule has 0 bridgehead atoms. The summed E-state index contributed by atoms with van der Waals surface area (Å²) in [7, 11) is 0. The summed E-state index contributed by atoms with van der Waals surface area (Å²) < 4.78 is 0. The largest absolute Gasteiger partial charge is 0.0617 e. The Balaban J connectivity index is 3.35. The Morgan fingerprint density at radius 2 is 1.00 bits per heavy atom. The summed E-state index contributed by atoms with van der Waals surface area (Å²) in [4.78, 5) is 3.59. The van der Waals surface area contributed by atoms with Gasteiger partial charge in [0.05, 0.1) is 0 Å². The number of allylic oxidation sites excluding steroid dienone is 4. The molecule has 0 aromatic heterocycles. The molecule has 0 rings (SSSR count). The van der Waals surface area contributed by atoms with Crippen molar-refractivity contribution in [3.05, 3.63) is 34.3 Å². The first kappa shape index (κ1) is 8.18. The first-order valence-electron chi connectivity index (χ1n) is 2.10. The lowest BCUT2D eigenvalue weighted by Crippen LogP contribution is -1.43. The van der Waals surface area contributed by atoms with Crippen molar-refractivity contribution in [3.63, 3.8) is 0 Å². The highest BCUT2D eigenvalue weighted by Gasteiger charge is 1.56. The molecule has 0 fully saturated rings. The summed E-state index contributed by atoms with van der Waals surface area (Å²) >= 11 is 6.27. The minimum Gasteiger partial charge on any atom is -0.0617 e. The lowest BCUT2D eigenvalue weighted by atomic mass is 10.5. The van der Waals surface area contributed by atoms with E-state index in [4.69, 9.17) is 0 Å². The highest BCUT2D eigenvalue weighted by atomic mass is 79.9. The summed E-state index contributed by atoms with van der Waals surface area (Å²) in [5, 5.41) is 0. The molecule has 2 heteroatoms. The van der Waals surface area contributed by atoms with Gasteiger partial charge in [-0.25, -0.2) is 0 Å². The molecule has 0 heterocycles. The topological polar surface area (TPSA) is 0 Å². The second kappa shape index (κ2) is 7.18. The molecular formula is C6H6Br2. The van der Waals surface area contributed by atoms with Crippen LogP contribution in [0, 0.1) is 0 Å². The first-order chi connectivity index (χ1) is 3.91. The van der Waals surface area contributed by atoms with Gasteiger partial charge in [0, 0.05) is 0 Å². The quantitative estimate of drug-likeness (QED) is 0.647. The van der Waals surface area contributed by atoms with E-state index in [0.29, 0.717) is 0 Å². The van der Waals surface area contributed by atoms with Crippen LogP contribution in [0.15, 0.2) is 34.3 Å². The van der Waals surface area contributed by atoms with E-state index in [2.05, 4.69) is 31.9 Å². The third-order valence-corrected chi connectivity index (χ3v) is 1.09. The number of rotatable bonds is 2. The second-order valence-electron chi connectivity index (χ2n) is 1.02. The van der Waals surface area contributed by atoms with Gasteiger partial charge >= 0.3 is 0 Å². The monoisotopic (exact) mass is 236 g/mol. The van der Waals surface area contributed by atoms with Gasteiger partial charge in [-0.15, -0.1) is 0 Å². The predicted octanol–water partition coefficient (Wildman–Crippen LogP) is 3.36. The third-order valence-electron chi connectivity index (χ3n) is 0.479. The summed E-state index contributed by atoms with van der Waals surface area (Å²) in [6.07, 6.45) is 7.64. The molecule has 0 amide bonds. The molecule has 0 aromatic carbocycles. The Morgan fingerprint density at radius 3 is 1.25 bits per heavy atom. The van der Waals surface area contributed by atoms with Crippen LogP contribution in [0.5, 0.6) is 0 Å². The fourth-order valence-corrected chi connectivity index (χ4v) is 0.565. The van der Waals surface area contributed by atoms with Crippen LogP contribution in [0.4, 0.5) is 0 Å². The Labute approximate surface area is 66.2 Å². The van der Waals surface area contributed by atoms with E-state index in [1.807, 2.05) is 24.3 Å². The Bertz CT molecular complexity index is 97.7. The standard InChI is InChI=1S/C6H6Br2/c7-5-3-1-2-4-6-8/h1-6H/b2-1-,5-3-,6-4-. The molecule has 0 saturated heterocycles. The van der Waals surface area contributed by atoms with Crippen LogP contribution in [-0.2, 0) is 0 Å². The van der Waals surface area contributed by atoms with Crippen molar-refractivity contribution in [1.29, 1.82) is 0 Å². The highest BCUT2D eigenvalue weighted by Crippen LogP contribution is 1.86. The van der Waals surface area contributed by atoms with Crippen molar-refractivity contribution in [3.8, 4) is 0 Å². The molecule has 0 radical (unpaired) electrons. The number of halogens is 2. The SMILES string of the molecule is Br\C=C/C=C\C=C/Br. The zero-order valence-corrected chi connectivity index (χ0v) is 7.39. The summed E-state index contributed by atoms with van der Waals surface area (Å²) in [6, 6.07) is 0. The molecule has 8 heavy (non-hydrogen) atoms. The van der Waals surface area contributed by atoms with E-state index in [1.165, 1.54) is 0 Å². The van der Waals surface area contributed by atoms with Crippen LogP contribution in [0.25, 0.3) is 0 Å². The molecule has 0 aromatic rings. The van der Waals surface area contributed by atoms with Crippen LogP contribution in [0.1, 0.15) is 0 Å².